The first kappa shape index (κ1) is 20.0. The van der Waals surface area contributed by atoms with Gasteiger partial charge in [-0.05, 0) is 49.9 Å². The maximum absolute atomic E-state index is 12.2. The molecule has 0 saturated heterocycles. The Morgan fingerprint density at radius 3 is 2.00 bits per heavy atom. The topological polar surface area (TPSA) is 17.1 Å². The summed E-state index contributed by atoms with van der Waals surface area (Å²) in [6, 6.07) is 0. The van der Waals surface area contributed by atoms with Gasteiger partial charge in [-0.1, -0.05) is 84.5 Å². The van der Waals surface area contributed by atoms with E-state index < -0.39 is 0 Å². The molecule has 1 atom stereocenters. The van der Waals surface area contributed by atoms with E-state index in [2.05, 4.69) is 13.8 Å². The predicted octanol–water partition coefficient (Wildman–Crippen LogP) is 7.33. The van der Waals surface area contributed by atoms with Gasteiger partial charge in [-0.2, -0.15) is 0 Å². The number of hydrogen-bond donors (Lipinski definition) is 0. The first-order valence-corrected chi connectivity index (χ1v) is 11.2. The summed E-state index contributed by atoms with van der Waals surface area (Å²) in [5.74, 6) is 2.32. The molecule has 24 heavy (non-hydrogen) atoms. The summed E-state index contributed by atoms with van der Waals surface area (Å²) in [6.45, 7) is 4.57. The molecule has 0 amide bonds. The smallest absolute Gasteiger partial charge is 0.126 e. The number of rotatable bonds is 10. The molecule has 140 valence electrons. The molecule has 0 heterocycles. The van der Waals surface area contributed by atoms with Gasteiger partial charge in [0.25, 0.3) is 0 Å². The van der Waals surface area contributed by atoms with Crippen LogP contribution in [0.5, 0.6) is 0 Å². The van der Waals surface area contributed by atoms with E-state index in [1.54, 1.807) is 0 Å². The molecule has 1 heteroatoms. The van der Waals surface area contributed by atoms with Crippen LogP contribution < -0.4 is 0 Å². The Hall–Kier alpha value is -0.330. The number of carbonyl (C=O) groups is 1. The Balaban J connectivity index is 1.80. The summed E-state index contributed by atoms with van der Waals surface area (Å²) in [6.07, 6.45) is 23.1. The highest BCUT2D eigenvalue weighted by atomic mass is 16.1. The summed E-state index contributed by atoms with van der Waals surface area (Å²) in [4.78, 5) is 12.2. The Morgan fingerprint density at radius 1 is 0.792 bits per heavy atom. The fourth-order valence-corrected chi connectivity index (χ4v) is 5.85. The minimum absolute atomic E-state index is 0.0204. The third-order valence-corrected chi connectivity index (χ3v) is 7.52. The lowest BCUT2D eigenvalue weighted by Crippen LogP contribution is -2.42. The van der Waals surface area contributed by atoms with Crippen molar-refractivity contribution in [1.82, 2.24) is 0 Å². The van der Waals surface area contributed by atoms with Crippen LogP contribution in [-0.4, -0.2) is 6.29 Å². The lowest BCUT2D eigenvalue weighted by molar-refractivity contribution is -0.126. The first-order valence-electron chi connectivity index (χ1n) is 11.2. The van der Waals surface area contributed by atoms with Crippen molar-refractivity contribution in [2.24, 2.45) is 23.2 Å². The van der Waals surface area contributed by atoms with Crippen molar-refractivity contribution in [3.05, 3.63) is 0 Å². The average Bonchev–Trinajstić information content (AvgIpc) is 2.65. The van der Waals surface area contributed by atoms with Crippen LogP contribution in [0.25, 0.3) is 0 Å². The van der Waals surface area contributed by atoms with Gasteiger partial charge in [0, 0.05) is 5.41 Å². The molecule has 2 fully saturated rings. The van der Waals surface area contributed by atoms with E-state index in [-0.39, 0.29) is 5.41 Å². The van der Waals surface area contributed by atoms with Crippen LogP contribution in [0.3, 0.4) is 0 Å². The molecule has 1 unspecified atom stereocenters. The summed E-state index contributed by atoms with van der Waals surface area (Å²) >= 11 is 0. The molecule has 2 aliphatic rings. The van der Waals surface area contributed by atoms with E-state index in [0.717, 1.165) is 12.3 Å². The Bertz CT molecular complexity index is 336. The van der Waals surface area contributed by atoms with Crippen molar-refractivity contribution >= 4 is 6.29 Å². The molecule has 0 aromatic heterocycles. The van der Waals surface area contributed by atoms with Gasteiger partial charge in [-0.15, -0.1) is 0 Å². The zero-order valence-corrected chi connectivity index (χ0v) is 16.5. The van der Waals surface area contributed by atoms with Gasteiger partial charge in [0.2, 0.25) is 0 Å². The summed E-state index contributed by atoms with van der Waals surface area (Å²) in [5.41, 5.74) is 0.0204. The Labute approximate surface area is 151 Å². The van der Waals surface area contributed by atoms with E-state index in [1.165, 1.54) is 103 Å². The molecular formula is C23H42O. The van der Waals surface area contributed by atoms with Crippen molar-refractivity contribution in [2.75, 3.05) is 0 Å². The molecule has 0 spiro atoms. The van der Waals surface area contributed by atoms with E-state index >= 15 is 0 Å². The first-order chi connectivity index (χ1) is 11.8. The molecule has 2 aliphatic carbocycles. The normalized spacial score (nSPS) is 28.4. The zero-order valence-electron chi connectivity index (χ0n) is 16.5. The highest BCUT2D eigenvalue weighted by molar-refractivity contribution is 5.60. The largest absolute Gasteiger partial charge is 0.303 e. The van der Waals surface area contributed by atoms with Crippen LogP contribution in [0.4, 0.5) is 0 Å². The van der Waals surface area contributed by atoms with Crippen molar-refractivity contribution in [2.45, 2.75) is 117 Å². The second-order valence-electron chi connectivity index (χ2n) is 8.84. The summed E-state index contributed by atoms with van der Waals surface area (Å²) < 4.78 is 0. The number of carbonyl (C=O) groups excluding carboxylic acids is 1. The van der Waals surface area contributed by atoms with Crippen molar-refractivity contribution < 1.29 is 4.79 Å². The lowest BCUT2D eigenvalue weighted by atomic mass is 9.57. The van der Waals surface area contributed by atoms with Crippen LogP contribution in [0, 0.1) is 23.2 Å². The SMILES string of the molecule is CCCCCCC[C@H]1CC[C@H](C(C=O)(CC)C2CCCCC2)CC1. The predicted molar refractivity (Wildman–Crippen MR) is 104 cm³/mol. The molecule has 0 aromatic carbocycles. The van der Waals surface area contributed by atoms with Gasteiger partial charge in [0.15, 0.2) is 0 Å². The average molecular weight is 335 g/mol. The highest BCUT2D eigenvalue weighted by Crippen LogP contribution is 2.50. The van der Waals surface area contributed by atoms with Crippen LogP contribution >= 0.6 is 0 Å². The van der Waals surface area contributed by atoms with Crippen LogP contribution in [0.15, 0.2) is 0 Å². The maximum Gasteiger partial charge on any atom is 0.126 e. The third-order valence-electron chi connectivity index (χ3n) is 7.52. The molecule has 1 nitrogen and oxygen atoms in total. The van der Waals surface area contributed by atoms with Gasteiger partial charge < -0.3 is 4.79 Å². The third kappa shape index (κ3) is 5.09. The molecule has 0 aromatic rings. The molecule has 2 saturated carbocycles. The van der Waals surface area contributed by atoms with Crippen LogP contribution in [0.2, 0.25) is 0 Å². The molecule has 0 N–H and O–H groups in total. The monoisotopic (exact) mass is 334 g/mol. The lowest BCUT2D eigenvalue weighted by Gasteiger charge is -2.46. The van der Waals surface area contributed by atoms with E-state index in [9.17, 15) is 4.79 Å². The maximum atomic E-state index is 12.2. The van der Waals surface area contributed by atoms with Crippen molar-refractivity contribution in [3.8, 4) is 0 Å². The molecule has 0 radical (unpaired) electrons. The van der Waals surface area contributed by atoms with Gasteiger partial charge in [0.1, 0.15) is 6.29 Å². The second kappa shape index (κ2) is 10.6. The van der Waals surface area contributed by atoms with E-state index in [4.69, 9.17) is 0 Å². The molecular weight excluding hydrogens is 292 g/mol. The van der Waals surface area contributed by atoms with Crippen LogP contribution in [-0.2, 0) is 4.79 Å². The van der Waals surface area contributed by atoms with Crippen molar-refractivity contribution in [3.63, 3.8) is 0 Å². The number of unbranched alkanes of at least 4 members (excludes halogenated alkanes) is 4. The standard InChI is InChI=1S/C23H42O/c1-3-5-6-7-9-12-20-15-17-22(18-16-20)23(4-2,19-24)21-13-10-8-11-14-21/h19-22H,3-18H2,1-2H3/t20-,22-,23?. The minimum atomic E-state index is 0.0204. The number of aldehydes is 1. The molecule has 0 bridgehead atoms. The quantitative estimate of drug-likeness (QED) is 0.302. The fraction of sp³-hybridized carbons (Fsp3) is 0.957. The van der Waals surface area contributed by atoms with Gasteiger partial charge in [0.05, 0.1) is 0 Å². The van der Waals surface area contributed by atoms with Crippen LogP contribution in [0.1, 0.15) is 117 Å². The van der Waals surface area contributed by atoms with Gasteiger partial charge >= 0.3 is 0 Å². The van der Waals surface area contributed by atoms with Gasteiger partial charge in [-0.3, -0.25) is 0 Å². The second-order valence-corrected chi connectivity index (χ2v) is 8.84. The molecule has 2 rings (SSSR count). The zero-order chi connectivity index (χ0) is 17.3. The minimum Gasteiger partial charge on any atom is -0.303 e. The highest BCUT2D eigenvalue weighted by Gasteiger charge is 2.44. The molecule has 0 aliphatic heterocycles. The summed E-state index contributed by atoms with van der Waals surface area (Å²) in [5, 5.41) is 0. The summed E-state index contributed by atoms with van der Waals surface area (Å²) in [7, 11) is 0. The Kier molecular flexibility index (Phi) is 8.84. The van der Waals surface area contributed by atoms with E-state index in [1.807, 2.05) is 0 Å². The number of hydrogen-bond acceptors (Lipinski definition) is 1. The van der Waals surface area contributed by atoms with E-state index in [0.29, 0.717) is 11.8 Å². The van der Waals surface area contributed by atoms with Crippen molar-refractivity contribution in [1.29, 1.82) is 0 Å². The fourth-order valence-electron chi connectivity index (χ4n) is 5.85. The van der Waals surface area contributed by atoms with Gasteiger partial charge in [-0.25, -0.2) is 0 Å². The Morgan fingerprint density at radius 2 is 1.42 bits per heavy atom.